The van der Waals surface area contributed by atoms with Gasteiger partial charge in [-0.1, -0.05) is 12.1 Å². The number of benzene rings is 1. The lowest BCUT2D eigenvalue weighted by Crippen LogP contribution is -2.35. The van der Waals surface area contributed by atoms with Crippen molar-refractivity contribution in [3.63, 3.8) is 0 Å². The Morgan fingerprint density at radius 2 is 1.74 bits per heavy atom. The zero-order valence-corrected chi connectivity index (χ0v) is 15.8. The fourth-order valence-corrected chi connectivity index (χ4v) is 4.10. The summed E-state index contributed by atoms with van der Waals surface area (Å²) >= 11 is 1.29. The van der Waals surface area contributed by atoms with Gasteiger partial charge in [0, 0.05) is 31.0 Å². The highest BCUT2D eigenvalue weighted by molar-refractivity contribution is 8.00. The van der Waals surface area contributed by atoms with E-state index in [0.29, 0.717) is 29.8 Å². The average Bonchev–Trinajstić information content (AvgIpc) is 3.36. The number of hydrogen-bond donors (Lipinski definition) is 0. The molecule has 0 radical (unpaired) electrons. The Labute approximate surface area is 162 Å². The molecule has 2 aliphatic rings. The van der Waals surface area contributed by atoms with Gasteiger partial charge in [0.15, 0.2) is 6.61 Å². The van der Waals surface area contributed by atoms with E-state index < -0.39 is 18.5 Å². The summed E-state index contributed by atoms with van der Waals surface area (Å²) in [6.07, 6.45) is 3.06. The molecule has 2 heterocycles. The van der Waals surface area contributed by atoms with Crippen LogP contribution in [0.2, 0.25) is 0 Å². The minimum atomic E-state index is -0.633. The van der Waals surface area contributed by atoms with Gasteiger partial charge in [0.25, 0.3) is 5.91 Å². The molecule has 0 atom stereocenters. The van der Waals surface area contributed by atoms with E-state index in [4.69, 9.17) is 4.74 Å². The quantitative estimate of drug-likeness (QED) is 0.543. The molecule has 2 aliphatic heterocycles. The van der Waals surface area contributed by atoms with Crippen molar-refractivity contribution in [3.8, 4) is 0 Å². The van der Waals surface area contributed by atoms with Crippen LogP contribution < -0.4 is 0 Å². The third kappa shape index (κ3) is 4.88. The molecule has 8 heteroatoms. The second-order valence-corrected chi connectivity index (χ2v) is 7.51. The van der Waals surface area contributed by atoms with Crippen LogP contribution >= 0.6 is 11.8 Å². The lowest BCUT2D eigenvalue weighted by molar-refractivity contribution is -0.144. The molecule has 144 valence electrons. The number of esters is 1. The van der Waals surface area contributed by atoms with Crippen LogP contribution in [-0.4, -0.2) is 65.5 Å². The lowest BCUT2D eigenvalue weighted by atomic mass is 10.2. The molecule has 0 saturated carbocycles. The van der Waals surface area contributed by atoms with Gasteiger partial charge in [0.1, 0.15) is 0 Å². The van der Waals surface area contributed by atoms with E-state index in [9.17, 15) is 19.2 Å². The molecule has 7 nitrogen and oxygen atoms in total. The van der Waals surface area contributed by atoms with Crippen molar-refractivity contribution in [3.05, 3.63) is 29.8 Å². The van der Waals surface area contributed by atoms with Gasteiger partial charge in [-0.2, -0.15) is 0 Å². The maximum absolute atomic E-state index is 12.4. The highest BCUT2D eigenvalue weighted by Crippen LogP contribution is 2.24. The Bertz CT molecular complexity index is 745. The summed E-state index contributed by atoms with van der Waals surface area (Å²) in [7, 11) is 0. The van der Waals surface area contributed by atoms with Crippen molar-refractivity contribution in [1.82, 2.24) is 9.80 Å². The molecule has 0 aliphatic carbocycles. The van der Waals surface area contributed by atoms with Gasteiger partial charge in [-0.3, -0.25) is 19.3 Å². The molecule has 3 rings (SSSR count). The third-order valence-corrected chi connectivity index (χ3v) is 5.68. The first-order chi connectivity index (χ1) is 13.1. The molecule has 0 N–H and O–H groups in total. The van der Waals surface area contributed by atoms with Crippen molar-refractivity contribution < 1.29 is 23.9 Å². The normalized spacial score (nSPS) is 16.7. The summed E-state index contributed by atoms with van der Waals surface area (Å²) in [5.41, 5.74) is 0.317. The molecule has 2 saturated heterocycles. The molecule has 2 fully saturated rings. The van der Waals surface area contributed by atoms with Crippen LogP contribution in [0.3, 0.4) is 0 Å². The number of ether oxygens (including phenoxy) is 1. The van der Waals surface area contributed by atoms with Crippen molar-refractivity contribution in [2.45, 2.75) is 30.6 Å². The summed E-state index contributed by atoms with van der Waals surface area (Å²) in [5.74, 6) is -1.05. The van der Waals surface area contributed by atoms with Gasteiger partial charge in [-0.05, 0) is 31.4 Å². The Balaban J connectivity index is 1.55. The van der Waals surface area contributed by atoms with Crippen LogP contribution in [0.15, 0.2) is 29.2 Å². The molecule has 0 bridgehead atoms. The maximum atomic E-state index is 12.4. The van der Waals surface area contributed by atoms with Gasteiger partial charge in [-0.25, -0.2) is 4.79 Å². The van der Waals surface area contributed by atoms with E-state index in [1.807, 2.05) is 4.90 Å². The SMILES string of the molecule is O=C(OCC(=O)N1CCCC1=O)c1ccccc1SCC(=O)N1CCCC1. The first-order valence-electron chi connectivity index (χ1n) is 9.06. The summed E-state index contributed by atoms with van der Waals surface area (Å²) in [4.78, 5) is 51.8. The van der Waals surface area contributed by atoms with E-state index in [2.05, 4.69) is 0 Å². The summed E-state index contributed by atoms with van der Waals surface area (Å²) < 4.78 is 5.11. The van der Waals surface area contributed by atoms with Crippen LogP contribution in [0, 0.1) is 0 Å². The van der Waals surface area contributed by atoms with Crippen molar-refractivity contribution >= 4 is 35.5 Å². The van der Waals surface area contributed by atoms with Gasteiger partial charge >= 0.3 is 5.97 Å². The number of carbonyl (C=O) groups excluding carboxylic acids is 4. The zero-order chi connectivity index (χ0) is 19.2. The number of amides is 3. The predicted molar refractivity (Wildman–Crippen MR) is 99.2 cm³/mol. The molecule has 1 aromatic rings. The highest BCUT2D eigenvalue weighted by Gasteiger charge is 2.27. The van der Waals surface area contributed by atoms with Crippen molar-refractivity contribution in [2.24, 2.45) is 0 Å². The minimum Gasteiger partial charge on any atom is -0.452 e. The Kier molecular flexibility index (Phi) is 6.49. The Morgan fingerprint density at radius 3 is 2.44 bits per heavy atom. The lowest BCUT2D eigenvalue weighted by Gasteiger charge is -2.16. The monoisotopic (exact) mass is 390 g/mol. The Hall–Kier alpha value is -2.35. The summed E-state index contributed by atoms with van der Waals surface area (Å²) in [6, 6.07) is 6.85. The maximum Gasteiger partial charge on any atom is 0.339 e. The van der Waals surface area contributed by atoms with Crippen LogP contribution in [0.4, 0.5) is 0 Å². The van der Waals surface area contributed by atoms with Crippen LogP contribution in [-0.2, 0) is 19.1 Å². The van der Waals surface area contributed by atoms with Gasteiger partial charge in [0.2, 0.25) is 11.8 Å². The zero-order valence-electron chi connectivity index (χ0n) is 15.0. The van der Waals surface area contributed by atoms with E-state index in [1.165, 1.54) is 11.8 Å². The largest absolute Gasteiger partial charge is 0.452 e. The number of nitrogens with zero attached hydrogens (tertiary/aromatic N) is 2. The first kappa shape index (κ1) is 19.4. The van der Waals surface area contributed by atoms with Crippen LogP contribution in [0.25, 0.3) is 0 Å². The summed E-state index contributed by atoms with van der Waals surface area (Å²) in [6.45, 7) is 1.50. The molecule has 3 amide bonds. The second kappa shape index (κ2) is 9.03. The van der Waals surface area contributed by atoms with Crippen LogP contribution in [0.5, 0.6) is 0 Å². The van der Waals surface area contributed by atoms with E-state index >= 15 is 0 Å². The van der Waals surface area contributed by atoms with Gasteiger partial charge < -0.3 is 9.64 Å². The fourth-order valence-electron chi connectivity index (χ4n) is 3.15. The van der Waals surface area contributed by atoms with Crippen LogP contribution in [0.1, 0.15) is 36.0 Å². The minimum absolute atomic E-state index is 0.0587. The topological polar surface area (TPSA) is 84.0 Å². The van der Waals surface area contributed by atoms with Gasteiger partial charge in [-0.15, -0.1) is 11.8 Å². The molecule has 1 aromatic carbocycles. The van der Waals surface area contributed by atoms with Crippen molar-refractivity contribution in [2.75, 3.05) is 32.0 Å². The number of likely N-dealkylation sites (tertiary alicyclic amines) is 2. The van der Waals surface area contributed by atoms with E-state index in [0.717, 1.165) is 30.8 Å². The number of imide groups is 1. The van der Waals surface area contributed by atoms with E-state index in [-0.39, 0.29) is 17.6 Å². The Morgan fingerprint density at radius 1 is 1.00 bits per heavy atom. The number of rotatable bonds is 6. The molecule has 0 aromatic heterocycles. The first-order valence-corrected chi connectivity index (χ1v) is 10.0. The van der Waals surface area contributed by atoms with E-state index in [1.54, 1.807) is 24.3 Å². The second-order valence-electron chi connectivity index (χ2n) is 6.49. The smallest absolute Gasteiger partial charge is 0.339 e. The number of thioether (sulfide) groups is 1. The number of carbonyl (C=O) groups is 4. The standard InChI is InChI=1S/C19H22N2O5S/c22-16-8-5-11-21(16)17(23)12-26-19(25)14-6-1-2-7-15(14)27-13-18(24)20-9-3-4-10-20/h1-2,6-7H,3-5,8-13H2. The third-order valence-electron chi connectivity index (χ3n) is 4.62. The molecule has 0 spiro atoms. The van der Waals surface area contributed by atoms with Crippen molar-refractivity contribution in [1.29, 1.82) is 0 Å². The molecule has 0 unspecified atom stereocenters. The molecular formula is C19H22N2O5S. The highest BCUT2D eigenvalue weighted by atomic mass is 32.2. The average molecular weight is 390 g/mol. The fraction of sp³-hybridized carbons (Fsp3) is 0.474. The summed E-state index contributed by atoms with van der Waals surface area (Å²) in [5, 5.41) is 0. The van der Waals surface area contributed by atoms with Gasteiger partial charge in [0.05, 0.1) is 11.3 Å². The molecule has 27 heavy (non-hydrogen) atoms. The predicted octanol–water partition coefficient (Wildman–Crippen LogP) is 1.71. The number of hydrogen-bond acceptors (Lipinski definition) is 6. The molecular weight excluding hydrogens is 368 g/mol.